The molecule has 48 heavy (non-hydrogen) atoms. The summed E-state index contributed by atoms with van der Waals surface area (Å²) in [7, 11) is -1.19. The Morgan fingerprint density at radius 1 is 1.00 bits per heavy atom. The van der Waals surface area contributed by atoms with Gasteiger partial charge in [-0.3, -0.25) is 14.0 Å². The van der Waals surface area contributed by atoms with Gasteiger partial charge < -0.3 is 9.72 Å². The number of rotatable bonds is 7. The molecule has 0 amide bonds. The van der Waals surface area contributed by atoms with Gasteiger partial charge in [-0.1, -0.05) is 48.5 Å². The molecule has 0 bridgehead atoms. The molecular weight excluding hydrogens is 625 g/mol. The highest BCUT2D eigenvalue weighted by atomic mass is 32.2. The monoisotopic (exact) mass is 664 g/mol. The van der Waals surface area contributed by atoms with Gasteiger partial charge in [-0.15, -0.1) is 0 Å². The quantitative estimate of drug-likeness (QED) is 0.245. The number of ether oxygens (including phenoxy) is 1. The van der Waals surface area contributed by atoms with E-state index in [-0.39, 0.29) is 22.4 Å². The molecule has 5 aromatic rings. The number of nitrogens with one attached hydrogen (secondary N) is 1. The lowest BCUT2D eigenvalue weighted by molar-refractivity contribution is 0.0697. The Kier molecular flexibility index (Phi) is 7.58. The Morgan fingerprint density at radius 3 is 2.29 bits per heavy atom. The maximum Gasteiger partial charge on any atom is 0.329 e. The largest absolute Gasteiger partial charge is 0.381 e. The van der Waals surface area contributed by atoms with Gasteiger partial charge in [0.15, 0.2) is 0 Å². The third-order valence-corrected chi connectivity index (χ3v) is 12.6. The van der Waals surface area contributed by atoms with Gasteiger partial charge in [0, 0.05) is 44.7 Å². The lowest BCUT2D eigenvalue weighted by Gasteiger charge is -2.31. The molecular formula is C37H40N6O4S. The number of aromatic nitrogens is 4. The lowest BCUT2D eigenvalue weighted by atomic mass is 9.93. The smallest absolute Gasteiger partial charge is 0.329 e. The average Bonchev–Trinajstić information content (AvgIpc) is 3.74. The second-order valence-electron chi connectivity index (χ2n) is 13.9. The fraction of sp³-hybridized carbons (Fsp3) is 0.432. The van der Waals surface area contributed by atoms with Crippen molar-refractivity contribution in [2.75, 3.05) is 32.6 Å². The molecule has 10 nitrogen and oxygen atoms in total. The highest BCUT2D eigenvalue weighted by Gasteiger charge is 2.44. The summed E-state index contributed by atoms with van der Waals surface area (Å²) in [5.74, 6) is 0. The van der Waals surface area contributed by atoms with Gasteiger partial charge in [-0.05, 0) is 73.9 Å². The summed E-state index contributed by atoms with van der Waals surface area (Å²) in [5.41, 5.74) is 8.08. The molecule has 2 aliphatic heterocycles. The first-order valence-corrected chi connectivity index (χ1v) is 18.8. The van der Waals surface area contributed by atoms with Crippen LogP contribution in [0.4, 0.5) is 0 Å². The highest BCUT2D eigenvalue weighted by Crippen LogP contribution is 2.48. The summed E-state index contributed by atoms with van der Waals surface area (Å²) < 4.78 is 33.4. The first-order valence-electron chi connectivity index (χ1n) is 16.9. The number of hydrogen-bond donors (Lipinski definition) is 1. The van der Waals surface area contributed by atoms with Crippen LogP contribution < -0.4 is 5.69 Å². The lowest BCUT2D eigenvalue weighted by Crippen LogP contribution is -2.38. The van der Waals surface area contributed by atoms with Crippen LogP contribution in [-0.4, -0.2) is 70.2 Å². The summed E-state index contributed by atoms with van der Waals surface area (Å²) >= 11 is 0. The molecule has 0 atom stereocenters. The van der Waals surface area contributed by atoms with Crippen molar-refractivity contribution in [1.29, 1.82) is 5.26 Å². The Morgan fingerprint density at radius 2 is 1.67 bits per heavy atom. The zero-order valence-electron chi connectivity index (χ0n) is 27.4. The van der Waals surface area contributed by atoms with E-state index in [0.29, 0.717) is 26.1 Å². The molecule has 3 aromatic heterocycles. The summed E-state index contributed by atoms with van der Waals surface area (Å²) in [6, 6.07) is 19.4. The van der Waals surface area contributed by atoms with E-state index in [2.05, 4.69) is 64.5 Å². The molecule has 0 spiro atoms. The molecule has 5 heterocycles. The summed E-state index contributed by atoms with van der Waals surface area (Å²) in [6.45, 7) is 3.54. The van der Waals surface area contributed by atoms with Gasteiger partial charge in [-0.25, -0.2) is 18.2 Å². The highest BCUT2D eigenvalue weighted by molar-refractivity contribution is 7.91. The second-order valence-corrected chi connectivity index (χ2v) is 16.2. The van der Waals surface area contributed by atoms with Crippen molar-refractivity contribution in [2.24, 2.45) is 7.05 Å². The van der Waals surface area contributed by atoms with E-state index < -0.39 is 9.84 Å². The fourth-order valence-electron chi connectivity index (χ4n) is 7.84. The first kappa shape index (κ1) is 31.1. The van der Waals surface area contributed by atoms with Gasteiger partial charge in [0.25, 0.3) is 0 Å². The van der Waals surface area contributed by atoms with Crippen molar-refractivity contribution < 1.29 is 13.2 Å². The maximum absolute atomic E-state index is 13.8. The molecule has 0 unspecified atom stereocenters. The van der Waals surface area contributed by atoms with Crippen molar-refractivity contribution in [1.82, 2.24) is 24.0 Å². The van der Waals surface area contributed by atoms with E-state index >= 15 is 0 Å². The third-order valence-electron chi connectivity index (χ3n) is 10.9. The van der Waals surface area contributed by atoms with Crippen LogP contribution >= 0.6 is 0 Å². The number of pyridine rings is 1. The van der Waals surface area contributed by atoms with Crippen LogP contribution in [0.15, 0.2) is 59.5 Å². The van der Waals surface area contributed by atoms with Gasteiger partial charge in [-0.2, -0.15) is 5.26 Å². The van der Waals surface area contributed by atoms with Crippen molar-refractivity contribution in [3.8, 4) is 28.5 Å². The molecule has 3 aliphatic rings. The standard InChI is InChI=1S/C37H40N6O4S/c1-41-30-21-39-35-32(34(30)43(36(41)44)28-13-19-47-20-14-28)31(25-7-9-27(10-8-25)37(23-38)15-16-37)33(40-35)26-5-3-24(4-6-26)22-42-17-11-29(12-18-42)48(2,45)46/h3-10,21,28-29H,11-20,22H2,1-2H3,(H,39,40). The van der Waals surface area contributed by atoms with Crippen LogP contribution in [0.5, 0.6) is 0 Å². The molecule has 248 valence electrons. The summed E-state index contributed by atoms with van der Waals surface area (Å²) in [4.78, 5) is 24.6. The molecule has 8 rings (SSSR count). The Balaban J connectivity index is 1.23. The number of imidazole rings is 1. The molecule has 11 heteroatoms. The molecule has 2 aromatic carbocycles. The van der Waals surface area contributed by atoms with Crippen molar-refractivity contribution >= 4 is 31.9 Å². The van der Waals surface area contributed by atoms with E-state index in [1.165, 1.54) is 11.8 Å². The van der Waals surface area contributed by atoms with Crippen molar-refractivity contribution in [3.05, 3.63) is 76.3 Å². The van der Waals surface area contributed by atoms with Gasteiger partial charge in [0.05, 0.1) is 45.0 Å². The number of nitrogens with zero attached hydrogens (tertiary/aromatic N) is 5. The zero-order chi connectivity index (χ0) is 33.2. The molecule has 1 saturated carbocycles. The van der Waals surface area contributed by atoms with Crippen LogP contribution in [0.1, 0.15) is 55.7 Å². The van der Waals surface area contributed by atoms with Crippen molar-refractivity contribution in [2.45, 2.75) is 61.8 Å². The van der Waals surface area contributed by atoms with Crippen LogP contribution in [0, 0.1) is 11.3 Å². The minimum atomic E-state index is -3.00. The number of H-pyrrole nitrogens is 1. The first-order chi connectivity index (χ1) is 23.2. The number of likely N-dealkylation sites (tertiary alicyclic amines) is 1. The van der Waals surface area contributed by atoms with Gasteiger partial charge in [0.2, 0.25) is 0 Å². The van der Waals surface area contributed by atoms with Crippen LogP contribution in [0.2, 0.25) is 0 Å². The van der Waals surface area contributed by atoms with Crippen LogP contribution in [-0.2, 0) is 33.6 Å². The SMILES string of the molecule is Cn1c(=O)n(C2CCOCC2)c2c3c(-c4ccc(C5(C#N)CC5)cc4)c(-c4ccc(CN5CCC(S(C)(=O)=O)CC5)cc4)[nH]c3ncc21. The number of sulfone groups is 1. The van der Waals surface area contributed by atoms with E-state index in [1.807, 2.05) is 11.6 Å². The summed E-state index contributed by atoms with van der Waals surface area (Å²) in [6.07, 6.45) is 7.79. The number of benzene rings is 2. The predicted molar refractivity (Wildman–Crippen MR) is 186 cm³/mol. The Labute approximate surface area is 279 Å². The molecule has 1 aliphatic carbocycles. The minimum Gasteiger partial charge on any atom is -0.381 e. The number of aromatic amines is 1. The van der Waals surface area contributed by atoms with E-state index in [1.54, 1.807) is 10.8 Å². The number of fused-ring (bicyclic) bond motifs is 3. The second kappa shape index (κ2) is 11.7. The maximum atomic E-state index is 13.8. The predicted octanol–water partition coefficient (Wildman–Crippen LogP) is 5.47. The molecule has 3 fully saturated rings. The van der Waals surface area contributed by atoms with E-state index in [0.717, 1.165) is 95.3 Å². The fourth-order valence-corrected chi connectivity index (χ4v) is 8.91. The topological polar surface area (TPSA) is 126 Å². The molecule has 0 radical (unpaired) electrons. The van der Waals surface area contributed by atoms with Crippen LogP contribution in [0.25, 0.3) is 44.5 Å². The molecule has 2 saturated heterocycles. The van der Waals surface area contributed by atoms with E-state index in [9.17, 15) is 18.5 Å². The van der Waals surface area contributed by atoms with Gasteiger partial charge >= 0.3 is 5.69 Å². The number of hydrogen-bond acceptors (Lipinski definition) is 7. The van der Waals surface area contributed by atoms with Crippen LogP contribution in [0.3, 0.4) is 0 Å². The normalized spacial score (nSPS) is 19.2. The van der Waals surface area contributed by atoms with E-state index in [4.69, 9.17) is 9.72 Å². The van der Waals surface area contributed by atoms with Gasteiger partial charge in [0.1, 0.15) is 15.5 Å². The molecule has 1 N–H and O–H groups in total. The average molecular weight is 665 g/mol. The number of piperidine rings is 1. The van der Waals surface area contributed by atoms with Crippen molar-refractivity contribution in [3.63, 3.8) is 0 Å². The third kappa shape index (κ3) is 5.27. The number of aryl methyl sites for hydroxylation is 1. The number of nitriles is 1. The summed E-state index contributed by atoms with van der Waals surface area (Å²) in [5, 5.41) is 10.5. The Bertz CT molecular complexity index is 2220. The minimum absolute atomic E-state index is 0.0289. The Hall–Kier alpha value is -4.24. The zero-order valence-corrected chi connectivity index (χ0v) is 28.2.